The van der Waals surface area contributed by atoms with Crippen LogP contribution in [0.5, 0.6) is 0 Å². The molecule has 0 bridgehead atoms. The predicted octanol–water partition coefficient (Wildman–Crippen LogP) is 4.80. The van der Waals surface area contributed by atoms with Gasteiger partial charge in [-0.05, 0) is 44.0 Å². The molecule has 1 aromatic heterocycles. The molecule has 1 N–H and O–H groups in total. The number of rotatable bonds is 5. The van der Waals surface area contributed by atoms with Crippen molar-refractivity contribution in [2.24, 2.45) is 0 Å². The largest absolute Gasteiger partial charge is 0.460 e. The molecule has 0 aliphatic heterocycles. The molecule has 1 aromatic carbocycles. The number of furan rings is 1. The van der Waals surface area contributed by atoms with Crippen LogP contribution in [0.15, 0.2) is 34.7 Å². The number of hydrogen-bond acceptors (Lipinski definition) is 2. The molecule has 0 radical (unpaired) electrons. The van der Waals surface area contributed by atoms with Crippen molar-refractivity contribution in [2.75, 3.05) is 0 Å². The topological polar surface area (TPSA) is 25.2 Å². The standard InChI is InChI=1S/C16H20ClNO/c1-4-12(3)18-10-14-7-8-16(19-14)13-6-5-11(2)15(17)9-13/h5-9,12,18H,4,10H2,1-3H3/t12-/m0/s1. The molecule has 0 saturated heterocycles. The fourth-order valence-corrected chi connectivity index (χ4v) is 1.97. The molecule has 0 spiro atoms. The molecule has 1 heterocycles. The van der Waals surface area contributed by atoms with Crippen molar-refractivity contribution in [3.05, 3.63) is 46.7 Å². The van der Waals surface area contributed by atoms with E-state index < -0.39 is 0 Å². The molecule has 102 valence electrons. The molecule has 0 fully saturated rings. The summed E-state index contributed by atoms with van der Waals surface area (Å²) in [6.07, 6.45) is 1.11. The lowest BCUT2D eigenvalue weighted by atomic mass is 10.1. The summed E-state index contributed by atoms with van der Waals surface area (Å²) in [5.41, 5.74) is 2.10. The van der Waals surface area contributed by atoms with Crippen molar-refractivity contribution < 1.29 is 4.42 Å². The van der Waals surface area contributed by atoms with Gasteiger partial charge in [0.2, 0.25) is 0 Å². The molecule has 0 aliphatic rings. The molecule has 2 nitrogen and oxygen atoms in total. The normalized spacial score (nSPS) is 12.6. The van der Waals surface area contributed by atoms with Gasteiger partial charge in [-0.25, -0.2) is 0 Å². The summed E-state index contributed by atoms with van der Waals surface area (Å²) in [6, 6.07) is 10.5. The zero-order chi connectivity index (χ0) is 13.8. The van der Waals surface area contributed by atoms with Gasteiger partial charge in [0.25, 0.3) is 0 Å². The highest BCUT2D eigenvalue weighted by molar-refractivity contribution is 6.31. The second kappa shape index (κ2) is 6.27. The number of nitrogens with one attached hydrogen (secondary N) is 1. The van der Waals surface area contributed by atoms with Crippen LogP contribution >= 0.6 is 11.6 Å². The van der Waals surface area contributed by atoms with Gasteiger partial charge < -0.3 is 9.73 Å². The van der Waals surface area contributed by atoms with Crippen molar-refractivity contribution in [2.45, 2.75) is 39.8 Å². The van der Waals surface area contributed by atoms with E-state index in [-0.39, 0.29) is 0 Å². The minimum absolute atomic E-state index is 0.502. The average Bonchev–Trinajstić information content (AvgIpc) is 2.88. The van der Waals surface area contributed by atoms with Crippen molar-refractivity contribution in [1.82, 2.24) is 5.32 Å². The summed E-state index contributed by atoms with van der Waals surface area (Å²) in [6.45, 7) is 7.09. The van der Waals surface area contributed by atoms with Crippen LogP contribution in [0.1, 0.15) is 31.6 Å². The monoisotopic (exact) mass is 277 g/mol. The second-order valence-corrected chi connectivity index (χ2v) is 5.33. The average molecular weight is 278 g/mol. The molecule has 0 amide bonds. The van der Waals surface area contributed by atoms with Crippen molar-refractivity contribution in [1.29, 1.82) is 0 Å². The Hall–Kier alpha value is -1.25. The number of aryl methyl sites for hydroxylation is 1. The van der Waals surface area contributed by atoms with E-state index in [1.807, 2.05) is 37.3 Å². The van der Waals surface area contributed by atoms with Crippen molar-refractivity contribution in [3.63, 3.8) is 0 Å². The van der Waals surface area contributed by atoms with Crippen LogP contribution in [-0.4, -0.2) is 6.04 Å². The third-order valence-electron chi connectivity index (χ3n) is 3.36. The summed E-state index contributed by atoms with van der Waals surface area (Å²) in [5, 5.41) is 4.19. The van der Waals surface area contributed by atoms with Gasteiger partial charge >= 0.3 is 0 Å². The Morgan fingerprint density at radius 1 is 1.26 bits per heavy atom. The first-order valence-corrected chi connectivity index (χ1v) is 7.06. The fraction of sp³-hybridized carbons (Fsp3) is 0.375. The lowest BCUT2D eigenvalue weighted by Gasteiger charge is -2.09. The first-order chi connectivity index (χ1) is 9.10. The number of hydrogen-bond donors (Lipinski definition) is 1. The Labute approximate surface area is 119 Å². The lowest BCUT2D eigenvalue weighted by Crippen LogP contribution is -2.24. The molecule has 1 atom stereocenters. The van der Waals surface area contributed by atoms with Gasteiger partial charge in [0, 0.05) is 16.6 Å². The highest BCUT2D eigenvalue weighted by Crippen LogP contribution is 2.26. The zero-order valence-corrected chi connectivity index (χ0v) is 12.4. The summed E-state index contributed by atoms with van der Waals surface area (Å²) in [7, 11) is 0. The molecule has 0 saturated carbocycles. The predicted molar refractivity (Wildman–Crippen MR) is 80.5 cm³/mol. The maximum absolute atomic E-state index is 6.14. The van der Waals surface area contributed by atoms with Gasteiger partial charge in [-0.15, -0.1) is 0 Å². The van der Waals surface area contributed by atoms with E-state index in [0.717, 1.165) is 40.6 Å². The van der Waals surface area contributed by atoms with E-state index in [4.69, 9.17) is 16.0 Å². The van der Waals surface area contributed by atoms with Crippen molar-refractivity contribution >= 4 is 11.6 Å². The molecular formula is C16H20ClNO. The maximum Gasteiger partial charge on any atom is 0.134 e. The Morgan fingerprint density at radius 3 is 2.74 bits per heavy atom. The molecule has 0 aliphatic carbocycles. The Kier molecular flexibility index (Phi) is 4.67. The first-order valence-electron chi connectivity index (χ1n) is 6.68. The Balaban J connectivity index is 2.09. The van der Waals surface area contributed by atoms with Crippen LogP contribution in [0.4, 0.5) is 0 Å². The molecule has 19 heavy (non-hydrogen) atoms. The van der Waals surface area contributed by atoms with Gasteiger partial charge in [0.1, 0.15) is 11.5 Å². The number of halogens is 1. The van der Waals surface area contributed by atoms with Gasteiger partial charge in [-0.3, -0.25) is 0 Å². The molecule has 0 unspecified atom stereocenters. The molecule has 3 heteroatoms. The summed E-state index contributed by atoms with van der Waals surface area (Å²) in [5.74, 6) is 1.81. The highest BCUT2D eigenvalue weighted by Gasteiger charge is 2.07. The molecule has 2 rings (SSSR count). The second-order valence-electron chi connectivity index (χ2n) is 4.92. The summed E-state index contributed by atoms with van der Waals surface area (Å²) >= 11 is 6.14. The van der Waals surface area contributed by atoms with E-state index in [1.165, 1.54) is 0 Å². The Bertz CT molecular complexity index is 547. The fourth-order valence-electron chi connectivity index (χ4n) is 1.79. The third kappa shape index (κ3) is 3.62. The summed E-state index contributed by atoms with van der Waals surface area (Å²) < 4.78 is 5.84. The van der Waals surface area contributed by atoms with E-state index in [9.17, 15) is 0 Å². The smallest absolute Gasteiger partial charge is 0.134 e. The van der Waals surface area contributed by atoms with E-state index in [2.05, 4.69) is 19.2 Å². The first kappa shape index (κ1) is 14.2. The van der Waals surface area contributed by atoms with Gasteiger partial charge in [0.15, 0.2) is 0 Å². The molecule has 2 aromatic rings. The van der Waals surface area contributed by atoms with Gasteiger partial charge in [-0.2, -0.15) is 0 Å². The van der Waals surface area contributed by atoms with Gasteiger partial charge in [0.05, 0.1) is 6.54 Å². The maximum atomic E-state index is 6.14. The van der Waals surface area contributed by atoms with Crippen LogP contribution in [-0.2, 0) is 6.54 Å². The minimum atomic E-state index is 0.502. The minimum Gasteiger partial charge on any atom is -0.460 e. The third-order valence-corrected chi connectivity index (χ3v) is 3.76. The van der Waals surface area contributed by atoms with Crippen molar-refractivity contribution in [3.8, 4) is 11.3 Å². The van der Waals surface area contributed by atoms with Crippen LogP contribution in [0.2, 0.25) is 5.02 Å². The van der Waals surface area contributed by atoms with E-state index >= 15 is 0 Å². The SMILES string of the molecule is CC[C@H](C)NCc1ccc(-c2ccc(C)c(Cl)c2)o1. The van der Waals surface area contributed by atoms with Crippen LogP contribution < -0.4 is 5.32 Å². The van der Waals surface area contributed by atoms with E-state index in [1.54, 1.807) is 0 Å². The van der Waals surface area contributed by atoms with Crippen LogP contribution in [0.25, 0.3) is 11.3 Å². The van der Waals surface area contributed by atoms with E-state index in [0.29, 0.717) is 6.04 Å². The zero-order valence-electron chi connectivity index (χ0n) is 11.7. The van der Waals surface area contributed by atoms with Crippen LogP contribution in [0.3, 0.4) is 0 Å². The highest BCUT2D eigenvalue weighted by atomic mass is 35.5. The summed E-state index contributed by atoms with van der Waals surface area (Å²) in [4.78, 5) is 0. The Morgan fingerprint density at radius 2 is 2.05 bits per heavy atom. The lowest BCUT2D eigenvalue weighted by molar-refractivity contribution is 0.457. The molecular weight excluding hydrogens is 258 g/mol. The quantitative estimate of drug-likeness (QED) is 0.849. The van der Waals surface area contributed by atoms with Crippen LogP contribution in [0, 0.1) is 6.92 Å². The number of benzene rings is 1. The van der Waals surface area contributed by atoms with Gasteiger partial charge in [-0.1, -0.05) is 30.7 Å².